The van der Waals surface area contributed by atoms with Gasteiger partial charge in [0.1, 0.15) is 6.04 Å². The lowest BCUT2D eigenvalue weighted by molar-refractivity contribution is -0.276. The molecule has 14 heteroatoms. The third-order valence-corrected chi connectivity index (χ3v) is 9.28. The van der Waals surface area contributed by atoms with Gasteiger partial charge >= 0.3 is 12.1 Å². The fraction of sp³-hybridized carbons (Fsp3) is 0.471. The normalized spacial score (nSPS) is 25.2. The van der Waals surface area contributed by atoms with E-state index in [1.807, 2.05) is 24.3 Å². The van der Waals surface area contributed by atoms with Crippen molar-refractivity contribution < 1.29 is 37.3 Å². The molecule has 0 aliphatic carbocycles. The van der Waals surface area contributed by atoms with Crippen molar-refractivity contribution in [2.45, 2.75) is 57.1 Å². The lowest BCUT2D eigenvalue weighted by atomic mass is 9.90. The van der Waals surface area contributed by atoms with Crippen LogP contribution in [-0.4, -0.2) is 94.3 Å². The highest BCUT2D eigenvalue weighted by atomic mass is 19.4. The summed E-state index contributed by atoms with van der Waals surface area (Å²) in [5.74, 6) is -1.96. The van der Waals surface area contributed by atoms with Crippen molar-refractivity contribution in [3.8, 4) is 0 Å². The van der Waals surface area contributed by atoms with Crippen LogP contribution in [-0.2, 0) is 25.7 Å². The van der Waals surface area contributed by atoms with Gasteiger partial charge < -0.3 is 29.7 Å². The van der Waals surface area contributed by atoms with Crippen molar-refractivity contribution in [3.05, 3.63) is 83.7 Å². The average Bonchev–Trinajstić information content (AvgIpc) is 3.60. The first-order valence-electron chi connectivity index (χ1n) is 16.1. The van der Waals surface area contributed by atoms with Crippen LogP contribution < -0.4 is 10.2 Å². The fourth-order valence-corrected chi connectivity index (χ4v) is 6.56. The van der Waals surface area contributed by atoms with E-state index in [4.69, 9.17) is 9.47 Å². The fourth-order valence-electron chi connectivity index (χ4n) is 6.56. The summed E-state index contributed by atoms with van der Waals surface area (Å²) in [6, 6.07) is 15.1. The molecule has 4 heterocycles. The first-order chi connectivity index (χ1) is 23.1. The molecule has 0 spiro atoms. The molecule has 2 amide bonds. The Morgan fingerprint density at radius 2 is 1.60 bits per heavy atom. The van der Waals surface area contributed by atoms with Crippen LogP contribution in [0, 0.1) is 5.92 Å². The number of piperazine rings is 1. The number of nitrogens with one attached hydrogen (secondary N) is 1. The lowest BCUT2D eigenvalue weighted by Gasteiger charge is -2.44. The Morgan fingerprint density at radius 1 is 0.938 bits per heavy atom. The highest BCUT2D eigenvalue weighted by Crippen LogP contribution is 2.42. The summed E-state index contributed by atoms with van der Waals surface area (Å²) in [6.07, 6.45) is -2.31. The molecule has 48 heavy (non-hydrogen) atoms. The summed E-state index contributed by atoms with van der Waals surface area (Å²) in [5, 5.41) is 12.2. The lowest BCUT2D eigenvalue weighted by Crippen LogP contribution is -2.51. The van der Waals surface area contributed by atoms with Crippen molar-refractivity contribution >= 4 is 23.5 Å². The molecular weight excluding hydrogens is 629 g/mol. The zero-order valence-corrected chi connectivity index (χ0v) is 26.6. The maximum atomic E-state index is 13.1. The predicted octanol–water partition coefficient (Wildman–Crippen LogP) is 4.07. The monoisotopic (exact) mass is 668 g/mol. The summed E-state index contributed by atoms with van der Waals surface area (Å²) in [4.78, 5) is 38.6. The van der Waals surface area contributed by atoms with Gasteiger partial charge in [-0.15, -0.1) is 0 Å². The van der Waals surface area contributed by atoms with Crippen LogP contribution in [0.4, 0.5) is 24.8 Å². The second-order valence-corrected chi connectivity index (χ2v) is 12.4. The number of hydrogen-bond donors (Lipinski definition) is 2. The second-order valence-electron chi connectivity index (χ2n) is 12.4. The molecule has 0 bridgehead atoms. The van der Waals surface area contributed by atoms with Crippen LogP contribution in [0.25, 0.3) is 0 Å². The summed E-state index contributed by atoms with van der Waals surface area (Å²) in [6.45, 7) is 5.80. The molecule has 6 rings (SSSR count). The largest absolute Gasteiger partial charge is 0.471 e. The van der Waals surface area contributed by atoms with Gasteiger partial charge in [-0.1, -0.05) is 43.3 Å². The van der Waals surface area contributed by atoms with E-state index >= 15 is 0 Å². The summed E-state index contributed by atoms with van der Waals surface area (Å²) in [7, 11) is 0. The number of alkyl halides is 3. The van der Waals surface area contributed by atoms with E-state index in [9.17, 15) is 27.9 Å². The number of likely N-dealkylation sites (tertiary alicyclic amines) is 1. The number of carbonyl (C=O) groups is 2. The van der Waals surface area contributed by atoms with Crippen LogP contribution in [0.2, 0.25) is 0 Å². The topological polar surface area (TPSA) is 120 Å². The molecule has 3 aromatic rings. The van der Waals surface area contributed by atoms with Crippen LogP contribution >= 0.6 is 0 Å². The zero-order valence-electron chi connectivity index (χ0n) is 26.6. The van der Waals surface area contributed by atoms with Crippen molar-refractivity contribution in [2.75, 3.05) is 49.5 Å². The highest BCUT2D eigenvalue weighted by Gasteiger charge is 2.47. The van der Waals surface area contributed by atoms with Gasteiger partial charge in [0.25, 0.3) is 0 Å². The van der Waals surface area contributed by atoms with Gasteiger partial charge in [0.2, 0.25) is 11.9 Å². The highest BCUT2D eigenvalue weighted by molar-refractivity contribution is 5.98. The molecule has 3 aliphatic rings. The number of amides is 2. The molecule has 3 fully saturated rings. The van der Waals surface area contributed by atoms with Gasteiger partial charge in [-0.3, -0.25) is 14.5 Å². The number of ether oxygens (including phenoxy) is 2. The molecular formula is C34H39F3N6O5. The first-order valence-corrected chi connectivity index (χ1v) is 16.1. The van der Waals surface area contributed by atoms with Crippen LogP contribution in [0.15, 0.2) is 67.0 Å². The molecule has 2 N–H and O–H groups in total. The minimum atomic E-state index is -5.04. The van der Waals surface area contributed by atoms with Crippen molar-refractivity contribution in [1.29, 1.82) is 0 Å². The number of anilines is 2. The molecule has 1 aromatic heterocycles. The molecule has 3 aliphatic heterocycles. The first kappa shape index (κ1) is 33.8. The van der Waals surface area contributed by atoms with Gasteiger partial charge in [0.15, 0.2) is 6.29 Å². The molecule has 0 radical (unpaired) electrons. The number of carbonyl (C=O) groups excluding carboxylic acids is 2. The Hall–Kier alpha value is -4.11. The molecule has 5 atom stereocenters. The standard InChI is InChI=1S/C34H39F3N6O5/c1-22-28(20-41-16-18-42(19-17-41)33-38-13-3-14-39-33)47-31(48-29(22)24-7-5-23(21-44)6-8-24)25-9-11-26(12-10-25)40-30(45)27-4-2-15-43(27)32(46)34(35,36)37/h3,5-14,22,27-29,31,44H,2,4,15-21H2,1H3,(H,40,45). The third kappa shape index (κ3) is 7.62. The van der Waals surface area contributed by atoms with Gasteiger partial charge in [0, 0.05) is 68.8 Å². The van der Waals surface area contributed by atoms with Crippen LogP contribution in [0.1, 0.15) is 48.8 Å². The number of hydrogen-bond acceptors (Lipinski definition) is 9. The van der Waals surface area contributed by atoms with Crippen molar-refractivity contribution in [1.82, 2.24) is 19.8 Å². The van der Waals surface area contributed by atoms with Crippen LogP contribution in [0.5, 0.6) is 0 Å². The molecule has 256 valence electrons. The number of aliphatic hydroxyl groups excluding tert-OH is 1. The molecule has 3 saturated heterocycles. The smallest absolute Gasteiger partial charge is 0.392 e. The summed E-state index contributed by atoms with van der Waals surface area (Å²) >= 11 is 0. The van der Waals surface area contributed by atoms with Crippen molar-refractivity contribution in [2.24, 2.45) is 5.92 Å². The van der Waals surface area contributed by atoms with Crippen LogP contribution in [0.3, 0.4) is 0 Å². The van der Waals surface area contributed by atoms with E-state index in [0.717, 1.165) is 37.3 Å². The summed E-state index contributed by atoms with van der Waals surface area (Å²) in [5.41, 5.74) is 2.85. The zero-order chi connectivity index (χ0) is 33.8. The van der Waals surface area contributed by atoms with E-state index in [2.05, 4.69) is 32.0 Å². The van der Waals surface area contributed by atoms with Gasteiger partial charge in [0.05, 0.1) is 18.8 Å². The maximum absolute atomic E-state index is 13.1. The number of nitrogens with zero attached hydrogens (tertiary/aromatic N) is 5. The molecule has 5 unspecified atom stereocenters. The SMILES string of the molecule is CC1C(CN2CCN(c3ncccn3)CC2)OC(c2ccc(NC(=O)C3CCCN3C(=O)C(F)(F)F)cc2)OC1c1ccc(CO)cc1. The third-order valence-electron chi connectivity index (χ3n) is 9.28. The predicted molar refractivity (Wildman–Crippen MR) is 170 cm³/mol. The number of halogens is 3. The Kier molecular flexibility index (Phi) is 10.2. The van der Waals surface area contributed by atoms with Gasteiger partial charge in [-0.25, -0.2) is 9.97 Å². The Balaban J connectivity index is 1.15. The van der Waals surface area contributed by atoms with Gasteiger partial charge in [-0.05, 0) is 42.2 Å². The second kappa shape index (κ2) is 14.6. The number of aliphatic hydroxyl groups is 1. The minimum Gasteiger partial charge on any atom is -0.392 e. The van der Waals surface area contributed by atoms with E-state index in [0.29, 0.717) is 35.1 Å². The Bertz CT molecular complexity index is 1540. The Labute approximate surface area is 276 Å². The number of rotatable bonds is 8. The number of aromatic nitrogens is 2. The van der Waals surface area contributed by atoms with Crippen molar-refractivity contribution in [3.63, 3.8) is 0 Å². The maximum Gasteiger partial charge on any atom is 0.471 e. The van der Waals surface area contributed by atoms with E-state index in [-0.39, 0.29) is 37.7 Å². The minimum absolute atomic E-state index is 0.0101. The molecule has 0 saturated carbocycles. The van der Waals surface area contributed by atoms with Gasteiger partial charge in [-0.2, -0.15) is 13.2 Å². The van der Waals surface area contributed by atoms with E-state index < -0.39 is 30.3 Å². The van der Waals surface area contributed by atoms with E-state index in [1.54, 1.807) is 42.7 Å². The average molecular weight is 669 g/mol. The number of benzene rings is 2. The molecule has 11 nitrogen and oxygen atoms in total. The summed E-state index contributed by atoms with van der Waals surface area (Å²) < 4.78 is 52.3. The molecule has 2 aromatic carbocycles. The quantitative estimate of drug-likeness (QED) is 0.366. The van der Waals surface area contributed by atoms with E-state index in [1.165, 1.54) is 0 Å². The Morgan fingerprint density at radius 3 is 2.25 bits per heavy atom.